The van der Waals surface area contributed by atoms with Crippen molar-refractivity contribution < 1.29 is 9.53 Å². The number of rotatable bonds is 12. The molecule has 3 aromatic heterocycles. The average molecular weight is 1090 g/mol. The first-order valence-electron chi connectivity index (χ1n) is 28.8. The number of nitrogens with one attached hydrogen (secondary N) is 3. The van der Waals surface area contributed by atoms with Gasteiger partial charge in [-0.25, -0.2) is 4.79 Å². The van der Waals surface area contributed by atoms with E-state index in [9.17, 15) is 4.79 Å². The van der Waals surface area contributed by atoms with Gasteiger partial charge < -0.3 is 20.7 Å². The Morgan fingerprint density at radius 3 is 1.40 bits per heavy atom. The van der Waals surface area contributed by atoms with Crippen LogP contribution in [0.1, 0.15) is 184 Å². The Morgan fingerprint density at radius 2 is 0.948 bits per heavy atom. The van der Waals surface area contributed by atoms with E-state index in [0.717, 1.165) is 60.7 Å². The van der Waals surface area contributed by atoms with E-state index in [4.69, 9.17) is 4.74 Å². The van der Waals surface area contributed by atoms with E-state index in [2.05, 4.69) is 121 Å². The Bertz CT molecular complexity index is 2880. The Hall–Kier alpha value is -3.63. The van der Waals surface area contributed by atoms with Crippen molar-refractivity contribution in [1.82, 2.24) is 16.0 Å². The summed E-state index contributed by atoms with van der Waals surface area (Å²) in [6.45, 7) is 10.7. The smallest absolute Gasteiger partial charge is 0.337 e. The number of hydrogen-bond donors (Lipinski definition) is 3. The van der Waals surface area contributed by atoms with Gasteiger partial charge in [0.05, 0.1) is 12.7 Å². The molecule has 3 aromatic carbocycles. The van der Waals surface area contributed by atoms with E-state index in [1.165, 1.54) is 163 Å². The highest BCUT2D eigenvalue weighted by Gasteiger charge is 2.58. The Balaban J connectivity index is 0.000000130. The van der Waals surface area contributed by atoms with Gasteiger partial charge in [0.25, 0.3) is 0 Å². The predicted molar refractivity (Wildman–Crippen MR) is 330 cm³/mol. The van der Waals surface area contributed by atoms with E-state index in [1.807, 2.05) is 58.3 Å². The van der Waals surface area contributed by atoms with Crippen LogP contribution in [0.15, 0.2) is 109 Å². The molecule has 6 atom stereocenters. The van der Waals surface area contributed by atoms with Crippen LogP contribution in [0.4, 0.5) is 0 Å². The third-order valence-corrected chi connectivity index (χ3v) is 23.7. The first-order valence-corrected chi connectivity index (χ1v) is 31.3. The van der Waals surface area contributed by atoms with Crippen LogP contribution in [0.3, 0.4) is 0 Å². The molecular formula is C69H93N3O2S3. The van der Waals surface area contributed by atoms with Gasteiger partial charge in [0, 0.05) is 60.3 Å². The SMILES string of the molecule is C.C.C.CC12CC3CC(C1)CC(NCc1cc4sccc4s1)(C3)C2.CC12CC3CC(C1)CC(NCc1ccc(-c4ccccc4)s1)(C3)C2.COC(=O)c1ccc(-c2ccc(CNC34CC5CC(CC(C)(C5)C3)C4)cc2)cc1. The highest BCUT2D eigenvalue weighted by atomic mass is 32.1. The van der Waals surface area contributed by atoms with Gasteiger partial charge in [0.2, 0.25) is 0 Å². The second-order valence-corrected chi connectivity index (χ2v) is 30.8. The third-order valence-electron chi connectivity index (χ3n) is 20.5. The summed E-state index contributed by atoms with van der Waals surface area (Å²) in [5.74, 6) is 5.61. The zero-order valence-electron chi connectivity index (χ0n) is 44.7. The molecule has 414 valence electrons. The van der Waals surface area contributed by atoms with Crippen LogP contribution in [0.5, 0.6) is 0 Å². The maximum atomic E-state index is 11.6. The molecule has 12 fully saturated rings. The van der Waals surface area contributed by atoms with Crippen LogP contribution in [-0.4, -0.2) is 29.7 Å². The van der Waals surface area contributed by atoms with Crippen molar-refractivity contribution in [2.45, 2.75) is 195 Å². The van der Waals surface area contributed by atoms with E-state index >= 15 is 0 Å². The number of thiophene rings is 3. The molecule has 5 nitrogen and oxygen atoms in total. The second-order valence-electron chi connectivity index (χ2n) is 27.5. The molecule has 0 radical (unpaired) electrons. The third kappa shape index (κ3) is 11.9. The average Bonchev–Trinajstić information content (AvgIpc) is 4.16. The lowest BCUT2D eigenvalue weighted by Crippen LogP contribution is -2.61. The summed E-state index contributed by atoms with van der Waals surface area (Å²) in [6.07, 6.45) is 26.1. The van der Waals surface area contributed by atoms with Gasteiger partial charge in [-0.2, -0.15) is 0 Å². The summed E-state index contributed by atoms with van der Waals surface area (Å²) in [5, 5.41) is 14.3. The van der Waals surface area contributed by atoms with Crippen molar-refractivity contribution in [2.75, 3.05) is 7.11 Å². The maximum Gasteiger partial charge on any atom is 0.337 e. The van der Waals surface area contributed by atoms with Gasteiger partial charge in [-0.15, -0.1) is 34.0 Å². The lowest BCUT2D eigenvalue weighted by atomic mass is 9.47. The van der Waals surface area contributed by atoms with Crippen molar-refractivity contribution in [3.63, 3.8) is 0 Å². The van der Waals surface area contributed by atoms with Gasteiger partial charge in [0.1, 0.15) is 0 Å². The minimum atomic E-state index is -0.295. The van der Waals surface area contributed by atoms with Crippen molar-refractivity contribution in [2.24, 2.45) is 51.8 Å². The monoisotopic (exact) mass is 1090 g/mol. The Labute approximate surface area is 476 Å². The predicted octanol–water partition coefficient (Wildman–Crippen LogP) is 18.8. The van der Waals surface area contributed by atoms with E-state index in [0.29, 0.717) is 38.4 Å². The number of hydrogen-bond acceptors (Lipinski definition) is 8. The minimum absolute atomic E-state index is 0. The molecule has 6 unspecified atom stereocenters. The summed E-state index contributed by atoms with van der Waals surface area (Å²) < 4.78 is 7.71. The topological polar surface area (TPSA) is 62.4 Å². The van der Waals surface area contributed by atoms with Crippen LogP contribution in [0.25, 0.3) is 31.0 Å². The number of esters is 1. The van der Waals surface area contributed by atoms with Crippen LogP contribution < -0.4 is 16.0 Å². The van der Waals surface area contributed by atoms with E-state index < -0.39 is 0 Å². The molecule has 18 rings (SSSR count). The lowest BCUT2D eigenvalue weighted by molar-refractivity contribution is -0.0729. The van der Waals surface area contributed by atoms with Gasteiger partial charge >= 0.3 is 5.97 Å². The normalized spacial score (nSPS) is 35.0. The van der Waals surface area contributed by atoms with Gasteiger partial charge in [-0.05, 0) is 231 Å². The summed E-state index contributed by atoms with van der Waals surface area (Å²) in [6, 6.07) is 36.5. The van der Waals surface area contributed by atoms with Crippen LogP contribution in [-0.2, 0) is 24.4 Å². The molecular weight excluding hydrogens is 999 g/mol. The maximum absolute atomic E-state index is 11.6. The number of carbonyl (C=O) groups is 1. The lowest BCUT2D eigenvalue weighted by Gasteiger charge is -2.61. The molecule has 12 aliphatic rings. The summed E-state index contributed by atoms with van der Waals surface area (Å²) >= 11 is 5.81. The van der Waals surface area contributed by atoms with E-state index in [1.54, 1.807) is 0 Å². The van der Waals surface area contributed by atoms with Crippen molar-refractivity contribution >= 4 is 49.4 Å². The van der Waals surface area contributed by atoms with Crippen molar-refractivity contribution in [3.05, 3.63) is 129 Å². The number of methoxy groups -OCH3 is 1. The minimum Gasteiger partial charge on any atom is -0.465 e. The molecule has 6 aromatic rings. The van der Waals surface area contributed by atoms with Gasteiger partial charge in [0.15, 0.2) is 0 Å². The molecule has 3 heterocycles. The fourth-order valence-corrected chi connectivity index (χ4v) is 22.5. The zero-order valence-corrected chi connectivity index (χ0v) is 47.2. The zero-order chi connectivity index (χ0) is 50.3. The first-order chi connectivity index (χ1) is 35.7. The first kappa shape index (κ1) is 56.6. The van der Waals surface area contributed by atoms with Gasteiger partial charge in [-0.3, -0.25) is 0 Å². The number of fused-ring (bicyclic) bond motifs is 1. The molecule has 12 saturated carbocycles. The Morgan fingerprint density at radius 1 is 0.494 bits per heavy atom. The summed E-state index contributed by atoms with van der Waals surface area (Å²) in [5.41, 5.74) is 8.70. The molecule has 12 aliphatic carbocycles. The summed E-state index contributed by atoms with van der Waals surface area (Å²) in [7, 11) is 1.41. The molecule has 12 bridgehead atoms. The van der Waals surface area contributed by atoms with Crippen LogP contribution >= 0.6 is 34.0 Å². The van der Waals surface area contributed by atoms with Crippen LogP contribution in [0.2, 0.25) is 0 Å². The molecule has 0 amide bonds. The van der Waals surface area contributed by atoms with E-state index in [-0.39, 0.29) is 28.2 Å². The molecule has 77 heavy (non-hydrogen) atoms. The summed E-state index contributed by atoms with van der Waals surface area (Å²) in [4.78, 5) is 16.0. The van der Waals surface area contributed by atoms with Crippen molar-refractivity contribution in [1.29, 1.82) is 0 Å². The number of ether oxygens (including phenoxy) is 1. The number of benzene rings is 3. The van der Waals surface area contributed by atoms with Crippen LogP contribution in [0, 0.1) is 51.8 Å². The molecule has 8 heteroatoms. The molecule has 0 aliphatic heterocycles. The second kappa shape index (κ2) is 22.0. The molecule has 0 spiro atoms. The van der Waals surface area contributed by atoms with Gasteiger partial charge in [-0.1, -0.05) is 110 Å². The fourth-order valence-electron chi connectivity index (χ4n) is 19.5. The fraction of sp³-hybridized carbons (Fsp3) is 0.580. The standard InChI is InChI=1S/C26H31NO2.C22H27NS.C18H23NS2.3CH4/c1-25-12-19-11-20(13-25)15-26(14-19,17-25)27-16-18-3-5-21(6-4-18)22-7-9-23(10-8-22)24(28)29-2;1-21-10-16-9-17(11-21)13-22(12-16,15-21)23-14-19-7-8-20(24-19)18-5-3-2-4-6-18;1-17-6-12-4-13(7-17)9-18(8-12,11-17)19-10-14-5-16-15(21-14)2-3-20-16;;;/h3-10,19-20,27H,11-17H2,1-2H3;2-8,16-17,23H,9-15H2,1H3;2-3,5,12-13,19H,4,6-11H2,1H3;3*1H4. The molecule has 0 saturated heterocycles. The number of carbonyl (C=O) groups excluding carboxylic acids is 1. The molecule has 3 N–H and O–H groups in total. The largest absolute Gasteiger partial charge is 0.465 e. The van der Waals surface area contributed by atoms with Crippen molar-refractivity contribution in [3.8, 4) is 21.6 Å². The highest BCUT2D eigenvalue weighted by Crippen LogP contribution is 2.64. The Kier molecular flexibility index (Phi) is 16.2. The highest BCUT2D eigenvalue weighted by molar-refractivity contribution is 7.26. The quantitative estimate of drug-likeness (QED) is 0.107.